The number of likely N-dealkylation sites (N-methyl/N-ethyl adjacent to an activating group) is 1. The molecule has 1 aliphatic heterocycles. The van der Waals surface area contributed by atoms with Crippen LogP contribution in [-0.2, 0) is 4.74 Å². The van der Waals surface area contributed by atoms with Crippen molar-refractivity contribution in [1.82, 2.24) is 10.2 Å². The van der Waals surface area contributed by atoms with Crippen molar-refractivity contribution in [3.8, 4) is 0 Å². The van der Waals surface area contributed by atoms with E-state index in [1.807, 2.05) is 7.05 Å². The van der Waals surface area contributed by atoms with Gasteiger partial charge >= 0.3 is 0 Å². The van der Waals surface area contributed by atoms with Crippen LogP contribution in [0.25, 0.3) is 0 Å². The maximum atomic E-state index is 5.44. The van der Waals surface area contributed by atoms with Gasteiger partial charge in [-0.2, -0.15) is 0 Å². The molecule has 1 fully saturated rings. The summed E-state index contributed by atoms with van der Waals surface area (Å²) in [5.74, 6) is 0. The Bertz CT molecular complexity index is 157. The van der Waals surface area contributed by atoms with E-state index in [0.717, 1.165) is 32.8 Å². The highest BCUT2D eigenvalue weighted by Crippen LogP contribution is 2.05. The van der Waals surface area contributed by atoms with Gasteiger partial charge < -0.3 is 10.1 Å². The van der Waals surface area contributed by atoms with Crippen LogP contribution in [0, 0.1) is 0 Å². The van der Waals surface area contributed by atoms with Crippen molar-refractivity contribution in [3.05, 3.63) is 12.2 Å². The molecule has 76 valence electrons. The van der Waals surface area contributed by atoms with Crippen molar-refractivity contribution in [2.45, 2.75) is 13.0 Å². The molecule has 1 heterocycles. The smallest absolute Gasteiger partial charge is 0.0635 e. The van der Waals surface area contributed by atoms with Gasteiger partial charge in [0.15, 0.2) is 0 Å². The summed E-state index contributed by atoms with van der Waals surface area (Å²) < 4.78 is 5.44. The second-order valence-electron chi connectivity index (χ2n) is 3.35. The summed E-state index contributed by atoms with van der Waals surface area (Å²) in [6, 6.07) is 0.537. The summed E-state index contributed by atoms with van der Waals surface area (Å²) >= 11 is 0. The van der Waals surface area contributed by atoms with E-state index in [1.54, 1.807) is 0 Å². The molecule has 0 aromatic carbocycles. The highest BCUT2D eigenvalue weighted by Gasteiger charge is 2.20. The fraction of sp³-hybridized carbons (Fsp3) is 0.800. The molecule has 3 nitrogen and oxygen atoms in total. The average Bonchev–Trinajstić information content (AvgIpc) is 2.17. The lowest BCUT2D eigenvalue weighted by atomic mass is 10.2. The first-order valence-corrected chi connectivity index (χ1v) is 4.96. The highest BCUT2D eigenvalue weighted by molar-refractivity contribution is 4.86. The first-order chi connectivity index (χ1) is 6.38. The molecular formula is C10H20N2O. The Morgan fingerprint density at radius 2 is 2.46 bits per heavy atom. The van der Waals surface area contributed by atoms with E-state index < -0.39 is 0 Å². The summed E-state index contributed by atoms with van der Waals surface area (Å²) in [5, 5.41) is 3.20. The third kappa shape index (κ3) is 3.46. The van der Waals surface area contributed by atoms with Crippen molar-refractivity contribution in [3.63, 3.8) is 0 Å². The Morgan fingerprint density at radius 3 is 3.15 bits per heavy atom. The fourth-order valence-electron chi connectivity index (χ4n) is 1.59. The first-order valence-electron chi connectivity index (χ1n) is 4.96. The van der Waals surface area contributed by atoms with E-state index in [0.29, 0.717) is 6.04 Å². The molecule has 0 aliphatic carbocycles. The van der Waals surface area contributed by atoms with Crippen LogP contribution >= 0.6 is 0 Å². The molecule has 13 heavy (non-hydrogen) atoms. The minimum absolute atomic E-state index is 0.537. The number of ether oxygens (including phenoxy) is 1. The Morgan fingerprint density at radius 1 is 1.62 bits per heavy atom. The largest absolute Gasteiger partial charge is 0.378 e. The molecular weight excluding hydrogens is 164 g/mol. The molecule has 1 saturated heterocycles. The molecule has 1 unspecified atom stereocenters. The zero-order valence-electron chi connectivity index (χ0n) is 8.62. The van der Waals surface area contributed by atoms with Gasteiger partial charge in [0.2, 0.25) is 0 Å². The standard InChI is InChI=1S/C10H20N2O/c1-3-4-5-12-6-7-13-9-10(12)8-11-2/h3-4,10-11H,5-9H2,1-2H3/b4-3+. The van der Waals surface area contributed by atoms with E-state index in [-0.39, 0.29) is 0 Å². The Labute approximate surface area is 80.8 Å². The van der Waals surface area contributed by atoms with Gasteiger partial charge in [0.25, 0.3) is 0 Å². The number of nitrogens with zero attached hydrogens (tertiary/aromatic N) is 1. The van der Waals surface area contributed by atoms with E-state index in [9.17, 15) is 0 Å². The van der Waals surface area contributed by atoms with Gasteiger partial charge in [-0.3, -0.25) is 4.90 Å². The van der Waals surface area contributed by atoms with Gasteiger partial charge in [-0.25, -0.2) is 0 Å². The van der Waals surface area contributed by atoms with E-state index in [4.69, 9.17) is 4.74 Å². The van der Waals surface area contributed by atoms with Gasteiger partial charge in [-0.1, -0.05) is 12.2 Å². The molecule has 1 aliphatic rings. The summed E-state index contributed by atoms with van der Waals surface area (Å²) in [6.07, 6.45) is 4.31. The molecule has 0 radical (unpaired) electrons. The Balaban J connectivity index is 2.36. The average molecular weight is 184 g/mol. The number of nitrogens with one attached hydrogen (secondary N) is 1. The quantitative estimate of drug-likeness (QED) is 0.643. The van der Waals surface area contributed by atoms with Crippen LogP contribution in [0.15, 0.2) is 12.2 Å². The summed E-state index contributed by atoms with van der Waals surface area (Å²) in [5.41, 5.74) is 0. The molecule has 1 N–H and O–H groups in total. The lowest BCUT2D eigenvalue weighted by Gasteiger charge is -2.34. The van der Waals surface area contributed by atoms with E-state index in [1.165, 1.54) is 0 Å². The topological polar surface area (TPSA) is 24.5 Å². The molecule has 1 rings (SSSR count). The Hall–Kier alpha value is -0.380. The van der Waals surface area contributed by atoms with E-state index >= 15 is 0 Å². The van der Waals surface area contributed by atoms with Crippen LogP contribution in [0.5, 0.6) is 0 Å². The SMILES string of the molecule is C/C=C/CN1CCOCC1CNC. The zero-order valence-corrected chi connectivity index (χ0v) is 8.62. The molecule has 0 saturated carbocycles. The minimum atomic E-state index is 0.537. The Kier molecular flexibility index (Phi) is 5.05. The lowest BCUT2D eigenvalue weighted by Crippen LogP contribution is -2.49. The molecule has 0 aromatic rings. The summed E-state index contributed by atoms with van der Waals surface area (Å²) in [4.78, 5) is 2.46. The van der Waals surface area contributed by atoms with Crippen molar-refractivity contribution in [2.24, 2.45) is 0 Å². The predicted octanol–water partition coefficient (Wildman–Crippen LogP) is 0.483. The van der Waals surface area contributed by atoms with Crippen molar-refractivity contribution in [2.75, 3.05) is 39.9 Å². The normalized spacial score (nSPS) is 25.5. The number of allylic oxidation sites excluding steroid dienone is 1. The van der Waals surface area contributed by atoms with Gasteiger partial charge in [0.05, 0.1) is 13.2 Å². The second kappa shape index (κ2) is 6.13. The molecule has 3 heteroatoms. The highest BCUT2D eigenvalue weighted by atomic mass is 16.5. The van der Waals surface area contributed by atoms with Crippen molar-refractivity contribution < 1.29 is 4.74 Å². The molecule has 0 spiro atoms. The van der Waals surface area contributed by atoms with Gasteiger partial charge in [-0.15, -0.1) is 0 Å². The predicted molar refractivity (Wildman–Crippen MR) is 54.9 cm³/mol. The maximum absolute atomic E-state index is 5.44. The molecule has 0 bridgehead atoms. The van der Waals surface area contributed by atoms with Gasteiger partial charge in [0.1, 0.15) is 0 Å². The minimum Gasteiger partial charge on any atom is -0.378 e. The van der Waals surface area contributed by atoms with Gasteiger partial charge in [-0.05, 0) is 14.0 Å². The maximum Gasteiger partial charge on any atom is 0.0635 e. The summed E-state index contributed by atoms with van der Waals surface area (Å²) in [6.45, 7) is 6.91. The number of morpholine rings is 1. The molecule has 0 amide bonds. The third-order valence-electron chi connectivity index (χ3n) is 2.36. The summed E-state index contributed by atoms with van der Waals surface area (Å²) in [7, 11) is 1.99. The second-order valence-corrected chi connectivity index (χ2v) is 3.35. The zero-order chi connectivity index (χ0) is 9.52. The monoisotopic (exact) mass is 184 g/mol. The van der Waals surface area contributed by atoms with Crippen LogP contribution in [0.3, 0.4) is 0 Å². The third-order valence-corrected chi connectivity index (χ3v) is 2.36. The van der Waals surface area contributed by atoms with E-state index in [2.05, 4.69) is 29.3 Å². The molecule has 0 aromatic heterocycles. The van der Waals surface area contributed by atoms with Crippen LogP contribution in [0.2, 0.25) is 0 Å². The fourth-order valence-corrected chi connectivity index (χ4v) is 1.59. The van der Waals surface area contributed by atoms with Gasteiger partial charge in [0, 0.05) is 25.7 Å². The number of hydrogen-bond acceptors (Lipinski definition) is 3. The van der Waals surface area contributed by atoms with Crippen LogP contribution < -0.4 is 5.32 Å². The van der Waals surface area contributed by atoms with Crippen LogP contribution in [0.4, 0.5) is 0 Å². The van der Waals surface area contributed by atoms with Crippen molar-refractivity contribution in [1.29, 1.82) is 0 Å². The number of hydrogen-bond donors (Lipinski definition) is 1. The van der Waals surface area contributed by atoms with Crippen LogP contribution in [-0.4, -0.2) is 50.8 Å². The lowest BCUT2D eigenvalue weighted by molar-refractivity contribution is -0.000411. The number of rotatable bonds is 4. The first kappa shape index (κ1) is 10.7. The van der Waals surface area contributed by atoms with Crippen LogP contribution in [0.1, 0.15) is 6.92 Å². The van der Waals surface area contributed by atoms with Crippen molar-refractivity contribution >= 4 is 0 Å². The molecule has 1 atom stereocenters.